The van der Waals surface area contributed by atoms with E-state index >= 15 is 0 Å². The number of carboxylic acids is 1. The Morgan fingerprint density at radius 3 is 2.54 bits per heavy atom. The van der Waals surface area contributed by atoms with Crippen LogP contribution in [0.3, 0.4) is 0 Å². The van der Waals surface area contributed by atoms with E-state index in [1.165, 1.54) is 5.56 Å². The highest BCUT2D eigenvalue weighted by Crippen LogP contribution is 2.25. The van der Waals surface area contributed by atoms with E-state index in [2.05, 4.69) is 34.0 Å². The lowest BCUT2D eigenvalue weighted by Crippen LogP contribution is -2.32. The van der Waals surface area contributed by atoms with Gasteiger partial charge in [-0.2, -0.15) is 5.10 Å². The summed E-state index contributed by atoms with van der Waals surface area (Å²) in [4.78, 5) is 22.7. The highest BCUT2D eigenvalue weighted by atomic mass is 16.4. The van der Waals surface area contributed by atoms with Crippen molar-refractivity contribution in [3.05, 3.63) is 33.9 Å². The number of hydrogen-bond acceptors (Lipinski definition) is 5. The van der Waals surface area contributed by atoms with E-state index in [9.17, 15) is 9.90 Å². The zero-order valence-corrected chi connectivity index (χ0v) is 14.6. The first-order valence-corrected chi connectivity index (χ1v) is 8.25. The Morgan fingerprint density at radius 2 is 1.96 bits per heavy atom. The number of rotatable bonds is 4. The van der Waals surface area contributed by atoms with Gasteiger partial charge in [-0.3, -0.25) is 5.10 Å². The summed E-state index contributed by atoms with van der Waals surface area (Å²) in [5.41, 5.74) is 4.94. The number of nitrogens with zero attached hydrogens (tertiary/aromatic N) is 4. The Morgan fingerprint density at radius 1 is 1.29 bits per heavy atom. The lowest BCUT2D eigenvalue weighted by molar-refractivity contribution is 0.0689. The van der Waals surface area contributed by atoms with Gasteiger partial charge in [-0.1, -0.05) is 13.8 Å². The van der Waals surface area contributed by atoms with Crippen LogP contribution in [0.4, 0.5) is 5.95 Å². The minimum absolute atomic E-state index is 0.0968. The van der Waals surface area contributed by atoms with Crippen molar-refractivity contribution in [3.8, 4) is 0 Å². The maximum atomic E-state index is 11.3. The molecule has 1 aliphatic rings. The topological polar surface area (TPSA) is 95.0 Å². The molecule has 7 nitrogen and oxygen atoms in total. The van der Waals surface area contributed by atoms with Crippen LogP contribution >= 0.6 is 0 Å². The zero-order chi connectivity index (χ0) is 17.4. The van der Waals surface area contributed by atoms with Crippen molar-refractivity contribution < 1.29 is 9.90 Å². The molecule has 0 radical (unpaired) electrons. The third kappa shape index (κ3) is 2.98. The maximum Gasteiger partial charge on any atom is 0.356 e. The molecular formula is C17H23N5O2. The third-order valence-corrected chi connectivity index (χ3v) is 4.44. The second-order valence-corrected chi connectivity index (χ2v) is 6.78. The fourth-order valence-electron chi connectivity index (χ4n) is 3.21. The van der Waals surface area contributed by atoms with E-state index in [-0.39, 0.29) is 5.69 Å². The Bertz CT molecular complexity index is 758. The fraction of sp³-hybridized carbons (Fsp3) is 0.529. The van der Waals surface area contributed by atoms with Crippen LogP contribution in [0.1, 0.15) is 52.5 Å². The number of aryl methyl sites for hydroxylation is 2. The number of aromatic nitrogens is 4. The molecule has 0 atom stereocenters. The molecule has 2 N–H and O–H groups in total. The van der Waals surface area contributed by atoms with Gasteiger partial charge in [0, 0.05) is 35.6 Å². The predicted octanol–water partition coefficient (Wildman–Crippen LogP) is 2.28. The SMILES string of the molecule is Cc1nc(N2CCc3[nH]nc(C(=O)O)c3C2)nc(C)c1CC(C)C. The van der Waals surface area contributed by atoms with E-state index < -0.39 is 5.97 Å². The average Bonchev–Trinajstić information content (AvgIpc) is 2.93. The van der Waals surface area contributed by atoms with Gasteiger partial charge in [0.15, 0.2) is 5.69 Å². The summed E-state index contributed by atoms with van der Waals surface area (Å²) < 4.78 is 0. The van der Waals surface area contributed by atoms with Crippen LogP contribution in [0.15, 0.2) is 0 Å². The number of aromatic carboxylic acids is 1. The summed E-state index contributed by atoms with van der Waals surface area (Å²) >= 11 is 0. The first kappa shape index (κ1) is 16.4. The summed E-state index contributed by atoms with van der Waals surface area (Å²) in [6, 6.07) is 0. The average molecular weight is 329 g/mol. The van der Waals surface area contributed by atoms with Gasteiger partial charge in [-0.05, 0) is 31.7 Å². The van der Waals surface area contributed by atoms with Gasteiger partial charge in [0.2, 0.25) is 5.95 Å². The molecule has 0 spiro atoms. The van der Waals surface area contributed by atoms with E-state index in [4.69, 9.17) is 0 Å². The van der Waals surface area contributed by atoms with Gasteiger partial charge in [0.25, 0.3) is 0 Å². The lowest BCUT2D eigenvalue weighted by Gasteiger charge is -2.28. The second kappa shape index (κ2) is 6.22. The first-order valence-electron chi connectivity index (χ1n) is 8.25. The number of nitrogens with one attached hydrogen (secondary N) is 1. The Kier molecular flexibility index (Phi) is 4.26. The van der Waals surface area contributed by atoms with Gasteiger partial charge < -0.3 is 10.0 Å². The van der Waals surface area contributed by atoms with E-state index in [0.29, 0.717) is 24.8 Å². The molecule has 3 heterocycles. The summed E-state index contributed by atoms with van der Waals surface area (Å²) in [5, 5.41) is 16.0. The van der Waals surface area contributed by atoms with Crippen molar-refractivity contribution in [1.82, 2.24) is 20.2 Å². The van der Waals surface area contributed by atoms with Gasteiger partial charge in [-0.15, -0.1) is 0 Å². The van der Waals surface area contributed by atoms with Crippen molar-refractivity contribution in [2.75, 3.05) is 11.4 Å². The Labute approximate surface area is 141 Å². The lowest BCUT2D eigenvalue weighted by atomic mass is 10.0. The van der Waals surface area contributed by atoms with Crippen LogP contribution in [0.2, 0.25) is 0 Å². The van der Waals surface area contributed by atoms with Crippen molar-refractivity contribution in [2.45, 2.75) is 47.1 Å². The molecule has 0 unspecified atom stereocenters. The van der Waals surface area contributed by atoms with Gasteiger partial charge >= 0.3 is 5.97 Å². The summed E-state index contributed by atoms with van der Waals surface area (Å²) in [5.74, 6) is 0.217. The van der Waals surface area contributed by atoms with Crippen LogP contribution in [-0.2, 0) is 19.4 Å². The number of carbonyl (C=O) groups is 1. The van der Waals surface area contributed by atoms with Crippen LogP contribution in [0.25, 0.3) is 0 Å². The monoisotopic (exact) mass is 329 g/mol. The zero-order valence-electron chi connectivity index (χ0n) is 14.6. The second-order valence-electron chi connectivity index (χ2n) is 6.78. The molecule has 2 aromatic heterocycles. The van der Waals surface area contributed by atoms with Gasteiger partial charge in [0.05, 0.1) is 6.54 Å². The molecule has 1 aliphatic heterocycles. The number of hydrogen-bond donors (Lipinski definition) is 2. The number of carboxylic acid groups (broad SMARTS) is 1. The molecule has 128 valence electrons. The smallest absolute Gasteiger partial charge is 0.356 e. The van der Waals surface area contributed by atoms with E-state index in [0.717, 1.165) is 35.6 Å². The number of fused-ring (bicyclic) bond motifs is 1. The van der Waals surface area contributed by atoms with Crippen LogP contribution in [0.5, 0.6) is 0 Å². The molecule has 0 amide bonds. The molecule has 2 aromatic rings. The Balaban J connectivity index is 1.90. The number of H-pyrrole nitrogens is 1. The van der Waals surface area contributed by atoms with E-state index in [1.54, 1.807) is 0 Å². The largest absolute Gasteiger partial charge is 0.476 e. The molecule has 0 fully saturated rings. The minimum Gasteiger partial charge on any atom is -0.476 e. The Hall–Kier alpha value is -2.44. The summed E-state index contributed by atoms with van der Waals surface area (Å²) in [6.07, 6.45) is 1.68. The quantitative estimate of drug-likeness (QED) is 0.893. The minimum atomic E-state index is -1.00. The van der Waals surface area contributed by atoms with Gasteiger partial charge in [0.1, 0.15) is 0 Å². The van der Waals surface area contributed by atoms with Crippen LogP contribution in [-0.4, -0.2) is 37.8 Å². The highest BCUT2D eigenvalue weighted by molar-refractivity contribution is 5.87. The molecule has 0 bridgehead atoms. The highest BCUT2D eigenvalue weighted by Gasteiger charge is 2.27. The van der Waals surface area contributed by atoms with Crippen molar-refractivity contribution in [3.63, 3.8) is 0 Å². The van der Waals surface area contributed by atoms with Crippen LogP contribution in [0, 0.1) is 19.8 Å². The standard InChI is InChI=1S/C17H23N5O2/c1-9(2)7-12-10(3)18-17(19-11(12)4)22-6-5-14-13(8-22)15(16(23)24)21-20-14/h9H,5-8H2,1-4H3,(H,20,21)(H,23,24). The summed E-state index contributed by atoms with van der Waals surface area (Å²) in [6.45, 7) is 9.63. The van der Waals surface area contributed by atoms with Crippen molar-refractivity contribution in [2.24, 2.45) is 5.92 Å². The maximum absolute atomic E-state index is 11.3. The number of aromatic amines is 1. The molecule has 3 rings (SSSR count). The van der Waals surface area contributed by atoms with Crippen LogP contribution < -0.4 is 4.90 Å². The number of anilines is 1. The molecule has 0 aromatic carbocycles. The summed E-state index contributed by atoms with van der Waals surface area (Å²) in [7, 11) is 0. The van der Waals surface area contributed by atoms with Gasteiger partial charge in [-0.25, -0.2) is 14.8 Å². The molecule has 7 heteroatoms. The molecule has 0 aliphatic carbocycles. The van der Waals surface area contributed by atoms with E-state index in [1.807, 2.05) is 18.7 Å². The fourth-order valence-corrected chi connectivity index (χ4v) is 3.21. The third-order valence-electron chi connectivity index (χ3n) is 4.44. The molecular weight excluding hydrogens is 306 g/mol. The molecule has 0 saturated heterocycles. The van der Waals surface area contributed by atoms with Crippen molar-refractivity contribution in [1.29, 1.82) is 0 Å². The molecule has 24 heavy (non-hydrogen) atoms. The molecule has 0 saturated carbocycles. The normalized spacial score (nSPS) is 14.1. The van der Waals surface area contributed by atoms with Crippen molar-refractivity contribution >= 4 is 11.9 Å². The predicted molar refractivity (Wildman–Crippen MR) is 90.3 cm³/mol. The first-order chi connectivity index (χ1) is 11.4.